The topological polar surface area (TPSA) is 72.8 Å². The average molecular weight is 291 g/mol. The molecule has 6 nitrogen and oxygen atoms in total. The van der Waals surface area contributed by atoms with Crippen LogP contribution in [0.5, 0.6) is 6.01 Å². The summed E-state index contributed by atoms with van der Waals surface area (Å²) in [5.41, 5.74) is 0. The second-order valence-corrected chi connectivity index (χ2v) is 5.18. The third-order valence-electron chi connectivity index (χ3n) is 2.10. The van der Waals surface area contributed by atoms with Crippen molar-refractivity contribution in [2.75, 3.05) is 11.9 Å². The van der Waals surface area contributed by atoms with Gasteiger partial charge in [0.15, 0.2) is 0 Å². The van der Waals surface area contributed by atoms with Gasteiger partial charge in [-0.15, -0.1) is 0 Å². The fourth-order valence-corrected chi connectivity index (χ4v) is 2.09. The Hall–Kier alpha value is -1.89. The van der Waals surface area contributed by atoms with E-state index in [2.05, 4.69) is 25.3 Å². The number of pyridine rings is 1. The van der Waals surface area contributed by atoms with Gasteiger partial charge < -0.3 is 10.1 Å². The third-order valence-corrected chi connectivity index (χ3v) is 2.92. The number of nitrogens with zero attached hydrogens (tertiary/aromatic N) is 4. The molecule has 0 aromatic carbocycles. The number of rotatable bonds is 6. The Balaban J connectivity index is 2.24. The predicted molar refractivity (Wildman–Crippen MR) is 78.1 cm³/mol. The molecule has 0 atom stereocenters. The summed E-state index contributed by atoms with van der Waals surface area (Å²) in [6, 6.07) is 6.02. The van der Waals surface area contributed by atoms with Crippen LogP contribution in [0.4, 0.5) is 5.95 Å². The molecule has 0 spiro atoms. The Bertz CT molecular complexity index is 550. The van der Waals surface area contributed by atoms with Crippen LogP contribution in [-0.4, -0.2) is 32.6 Å². The van der Waals surface area contributed by atoms with Crippen LogP contribution in [0.2, 0.25) is 0 Å². The monoisotopic (exact) mass is 291 g/mol. The highest BCUT2D eigenvalue weighted by Crippen LogP contribution is 2.24. The molecule has 0 saturated carbocycles. The van der Waals surface area contributed by atoms with Gasteiger partial charge in [0, 0.05) is 12.7 Å². The summed E-state index contributed by atoms with van der Waals surface area (Å²) in [6.45, 7) is 6.59. The molecule has 0 bridgehead atoms. The molecule has 0 fully saturated rings. The zero-order valence-electron chi connectivity index (χ0n) is 11.7. The van der Waals surface area contributed by atoms with E-state index in [9.17, 15) is 0 Å². The molecule has 0 aliphatic heterocycles. The zero-order chi connectivity index (χ0) is 14.4. The zero-order valence-corrected chi connectivity index (χ0v) is 12.5. The van der Waals surface area contributed by atoms with E-state index in [4.69, 9.17) is 4.74 Å². The van der Waals surface area contributed by atoms with Crippen molar-refractivity contribution in [3.63, 3.8) is 0 Å². The molecule has 0 aliphatic carbocycles. The van der Waals surface area contributed by atoms with Crippen molar-refractivity contribution in [3.05, 3.63) is 24.4 Å². The highest BCUT2D eigenvalue weighted by atomic mass is 32.2. The van der Waals surface area contributed by atoms with E-state index in [-0.39, 0.29) is 6.10 Å². The first-order chi connectivity index (χ1) is 9.67. The normalized spacial score (nSPS) is 10.6. The van der Waals surface area contributed by atoms with Gasteiger partial charge >= 0.3 is 6.01 Å². The second-order valence-electron chi connectivity index (χ2n) is 4.19. The van der Waals surface area contributed by atoms with E-state index >= 15 is 0 Å². The second kappa shape index (κ2) is 7.04. The molecule has 0 saturated heterocycles. The summed E-state index contributed by atoms with van der Waals surface area (Å²) in [5, 5.41) is 4.46. The van der Waals surface area contributed by atoms with Crippen molar-refractivity contribution in [3.8, 4) is 6.01 Å². The smallest absolute Gasteiger partial charge is 0.322 e. The molecule has 106 valence electrons. The lowest BCUT2D eigenvalue weighted by Crippen LogP contribution is -2.11. The molecule has 2 heterocycles. The fraction of sp³-hybridized carbons (Fsp3) is 0.385. The maximum Gasteiger partial charge on any atom is 0.322 e. The molecule has 0 aliphatic rings. The molecule has 0 radical (unpaired) electrons. The molecule has 2 rings (SSSR count). The summed E-state index contributed by atoms with van der Waals surface area (Å²) in [5.74, 6) is 0.511. The Labute approximate surface area is 122 Å². The van der Waals surface area contributed by atoms with Crippen LogP contribution < -0.4 is 10.1 Å². The van der Waals surface area contributed by atoms with E-state index in [0.29, 0.717) is 17.1 Å². The van der Waals surface area contributed by atoms with Gasteiger partial charge in [-0.2, -0.15) is 15.0 Å². The Morgan fingerprint density at radius 2 is 2.10 bits per heavy atom. The lowest BCUT2D eigenvalue weighted by Gasteiger charge is -2.10. The maximum atomic E-state index is 5.54. The summed E-state index contributed by atoms with van der Waals surface area (Å²) in [4.78, 5) is 17.1. The quantitative estimate of drug-likeness (QED) is 0.877. The minimum atomic E-state index is 0.0135. The highest BCUT2D eigenvalue weighted by Gasteiger charge is 2.10. The number of anilines is 1. The largest absolute Gasteiger partial charge is 0.461 e. The summed E-state index contributed by atoms with van der Waals surface area (Å²) in [6.07, 6.45) is 1.75. The summed E-state index contributed by atoms with van der Waals surface area (Å²) >= 11 is 1.38. The predicted octanol–water partition coefficient (Wildman–Crippen LogP) is 2.64. The van der Waals surface area contributed by atoms with Crippen molar-refractivity contribution in [1.82, 2.24) is 19.9 Å². The lowest BCUT2D eigenvalue weighted by atomic mass is 10.5. The number of nitrogens with one attached hydrogen (secondary N) is 1. The average Bonchev–Trinajstić information content (AvgIpc) is 2.39. The van der Waals surface area contributed by atoms with E-state index in [0.717, 1.165) is 11.6 Å². The van der Waals surface area contributed by atoms with Crippen LogP contribution in [-0.2, 0) is 0 Å². The first kappa shape index (κ1) is 14.5. The molecule has 2 aromatic heterocycles. The molecular formula is C13H17N5OS. The van der Waals surface area contributed by atoms with Crippen LogP contribution in [0.25, 0.3) is 0 Å². The summed E-state index contributed by atoms with van der Waals surface area (Å²) in [7, 11) is 0. The minimum absolute atomic E-state index is 0.0135. The molecular weight excluding hydrogens is 274 g/mol. The fourth-order valence-electron chi connectivity index (χ4n) is 1.39. The van der Waals surface area contributed by atoms with Crippen LogP contribution in [0.1, 0.15) is 20.8 Å². The third kappa shape index (κ3) is 4.34. The Morgan fingerprint density at radius 1 is 1.25 bits per heavy atom. The lowest BCUT2D eigenvalue weighted by molar-refractivity contribution is 0.219. The van der Waals surface area contributed by atoms with Crippen molar-refractivity contribution in [1.29, 1.82) is 0 Å². The summed E-state index contributed by atoms with van der Waals surface area (Å²) < 4.78 is 5.54. The molecule has 2 aromatic rings. The van der Waals surface area contributed by atoms with Gasteiger partial charge in [-0.05, 0) is 44.7 Å². The van der Waals surface area contributed by atoms with Crippen molar-refractivity contribution < 1.29 is 4.74 Å². The molecule has 1 N–H and O–H groups in total. The number of aromatic nitrogens is 4. The van der Waals surface area contributed by atoms with Gasteiger partial charge in [0.05, 0.1) is 6.10 Å². The molecule has 20 heavy (non-hydrogen) atoms. The minimum Gasteiger partial charge on any atom is -0.461 e. The first-order valence-electron chi connectivity index (χ1n) is 6.43. The van der Waals surface area contributed by atoms with Gasteiger partial charge in [-0.3, -0.25) is 0 Å². The van der Waals surface area contributed by atoms with Crippen molar-refractivity contribution in [2.45, 2.75) is 37.1 Å². The highest BCUT2D eigenvalue weighted by molar-refractivity contribution is 7.99. The molecule has 0 amide bonds. The van der Waals surface area contributed by atoms with E-state index in [1.807, 2.05) is 39.0 Å². The van der Waals surface area contributed by atoms with Gasteiger partial charge in [0.25, 0.3) is 0 Å². The number of ether oxygens (including phenoxy) is 1. The van der Waals surface area contributed by atoms with E-state index in [1.54, 1.807) is 6.20 Å². The van der Waals surface area contributed by atoms with E-state index in [1.165, 1.54) is 11.8 Å². The molecule has 7 heteroatoms. The Kier molecular flexibility index (Phi) is 5.11. The number of hydrogen-bond donors (Lipinski definition) is 1. The SMILES string of the molecule is CCNc1nc(OC(C)C)nc(Sc2ccccn2)n1. The standard InChI is InChI=1S/C13H17N5OS/c1-4-14-11-16-12(19-9(2)3)18-13(17-11)20-10-7-5-6-8-15-10/h5-9H,4H2,1-3H3,(H,14,16,17,18). The van der Waals surface area contributed by atoms with Gasteiger partial charge in [-0.1, -0.05) is 6.07 Å². The Morgan fingerprint density at radius 3 is 2.75 bits per heavy atom. The maximum absolute atomic E-state index is 5.54. The van der Waals surface area contributed by atoms with Crippen LogP contribution in [0, 0.1) is 0 Å². The van der Waals surface area contributed by atoms with Crippen molar-refractivity contribution in [2.24, 2.45) is 0 Å². The van der Waals surface area contributed by atoms with Crippen molar-refractivity contribution >= 4 is 17.7 Å². The van der Waals surface area contributed by atoms with Crippen LogP contribution in [0.15, 0.2) is 34.6 Å². The van der Waals surface area contributed by atoms with Gasteiger partial charge in [0.1, 0.15) is 5.03 Å². The van der Waals surface area contributed by atoms with Gasteiger partial charge in [-0.25, -0.2) is 4.98 Å². The molecule has 0 unspecified atom stereocenters. The van der Waals surface area contributed by atoms with E-state index < -0.39 is 0 Å². The first-order valence-corrected chi connectivity index (χ1v) is 7.24. The van der Waals surface area contributed by atoms with Gasteiger partial charge in [0.2, 0.25) is 11.1 Å². The van der Waals surface area contributed by atoms with Crippen LogP contribution >= 0.6 is 11.8 Å². The number of hydrogen-bond acceptors (Lipinski definition) is 7. The van der Waals surface area contributed by atoms with Crippen LogP contribution in [0.3, 0.4) is 0 Å².